The zero-order valence-electron chi connectivity index (χ0n) is 15.7. The van der Waals surface area contributed by atoms with Crippen LogP contribution >= 0.6 is 23.1 Å². The number of carboxylic acids is 1. The molecule has 0 radical (unpaired) electrons. The number of thiazole rings is 1. The Morgan fingerprint density at radius 3 is 2.50 bits per heavy atom. The Hall–Kier alpha value is -2.39. The molecule has 30 heavy (non-hydrogen) atoms. The minimum atomic E-state index is -1.17. The highest BCUT2D eigenvalue weighted by Crippen LogP contribution is 2.68. The van der Waals surface area contributed by atoms with Crippen molar-refractivity contribution in [3.8, 4) is 0 Å². The van der Waals surface area contributed by atoms with Crippen molar-refractivity contribution in [1.29, 1.82) is 0 Å². The number of rotatable bonds is 3. The van der Waals surface area contributed by atoms with Crippen LogP contribution in [0.15, 0.2) is 40.2 Å². The number of aromatic nitrogens is 1. The van der Waals surface area contributed by atoms with Crippen molar-refractivity contribution < 1.29 is 19.5 Å². The molecule has 2 bridgehead atoms. The topological polar surface area (TPSA) is 108 Å². The minimum Gasteiger partial charge on any atom is -0.480 e. The molecule has 7 nitrogen and oxygen atoms in total. The highest BCUT2D eigenvalue weighted by molar-refractivity contribution is 8.00. The van der Waals surface area contributed by atoms with Gasteiger partial charge in [0, 0.05) is 16.0 Å². The Balaban J connectivity index is 1.45. The summed E-state index contributed by atoms with van der Waals surface area (Å²) in [6, 6.07) is 10.0. The Morgan fingerprint density at radius 2 is 1.80 bits per heavy atom. The van der Waals surface area contributed by atoms with E-state index in [9.17, 15) is 19.2 Å². The van der Waals surface area contributed by atoms with Crippen molar-refractivity contribution in [2.24, 2.45) is 29.6 Å². The number of aromatic amines is 1. The highest BCUT2D eigenvalue weighted by atomic mass is 32.2. The van der Waals surface area contributed by atoms with Crippen molar-refractivity contribution in [1.82, 2.24) is 9.88 Å². The number of carboxylic acid groups (broad SMARTS) is 1. The molecular weight excluding hydrogens is 424 g/mol. The Kier molecular flexibility index (Phi) is 3.86. The van der Waals surface area contributed by atoms with E-state index in [4.69, 9.17) is 5.11 Å². The van der Waals surface area contributed by atoms with Gasteiger partial charge in [0.15, 0.2) is 0 Å². The fraction of sp³-hybridized carbons (Fsp3) is 0.429. The molecule has 6 rings (SSSR count). The number of nitrogens with one attached hydrogen (secondary N) is 1. The first-order valence-corrected chi connectivity index (χ1v) is 11.7. The standard InChI is InChI=1S/C21H18N2O5S2/c24-11(25)7-23-19(26)14-9-6-10(15(14)20(23)27)16-13(9)12(8-4-2-1-3-5-8)17-18(29-16)22-21(28)30-17/h1-5,9-10,12-16H,6-7H2,(H,22,28)(H,24,25)/t9-,10+,12+,13+,14+,15+,16+/m0/s1. The van der Waals surface area contributed by atoms with Crippen molar-refractivity contribution >= 4 is 40.9 Å². The van der Waals surface area contributed by atoms with Gasteiger partial charge in [-0.1, -0.05) is 41.7 Å². The van der Waals surface area contributed by atoms with Gasteiger partial charge in [0.25, 0.3) is 0 Å². The van der Waals surface area contributed by atoms with E-state index < -0.39 is 24.3 Å². The molecule has 3 fully saturated rings. The number of fused-ring (bicyclic) bond motifs is 9. The van der Waals surface area contributed by atoms with Gasteiger partial charge in [-0.3, -0.25) is 24.1 Å². The largest absolute Gasteiger partial charge is 0.480 e. The molecule has 0 unspecified atom stereocenters. The van der Waals surface area contributed by atoms with Gasteiger partial charge in [-0.25, -0.2) is 0 Å². The number of thioether (sulfide) groups is 1. The molecule has 2 aromatic rings. The van der Waals surface area contributed by atoms with Gasteiger partial charge < -0.3 is 10.1 Å². The van der Waals surface area contributed by atoms with Crippen LogP contribution in [0.3, 0.4) is 0 Å². The first-order valence-electron chi connectivity index (χ1n) is 9.97. The summed E-state index contributed by atoms with van der Waals surface area (Å²) in [5, 5.41) is 10.2. The second-order valence-electron chi connectivity index (χ2n) is 8.53. The second-order valence-corrected chi connectivity index (χ2v) is 10.7. The monoisotopic (exact) mass is 442 g/mol. The molecule has 2 aliphatic heterocycles. The molecule has 0 spiro atoms. The van der Waals surface area contributed by atoms with E-state index in [0.717, 1.165) is 26.8 Å². The smallest absolute Gasteiger partial charge is 0.323 e. The van der Waals surface area contributed by atoms with Crippen LogP contribution in [0.25, 0.3) is 0 Å². The van der Waals surface area contributed by atoms with Gasteiger partial charge in [0.05, 0.1) is 16.9 Å². The summed E-state index contributed by atoms with van der Waals surface area (Å²) < 4.78 is 0. The molecule has 2 amide bonds. The maximum absolute atomic E-state index is 13.1. The van der Waals surface area contributed by atoms with Crippen molar-refractivity contribution in [3.05, 3.63) is 50.4 Å². The summed E-state index contributed by atoms with van der Waals surface area (Å²) >= 11 is 2.87. The van der Waals surface area contributed by atoms with E-state index in [1.54, 1.807) is 11.8 Å². The Morgan fingerprint density at radius 1 is 1.10 bits per heavy atom. The number of aliphatic carboxylic acids is 1. The van der Waals surface area contributed by atoms with Crippen LogP contribution in [0.5, 0.6) is 0 Å². The van der Waals surface area contributed by atoms with Gasteiger partial charge in [-0.05, 0) is 29.7 Å². The highest BCUT2D eigenvalue weighted by Gasteiger charge is 2.69. The summed E-state index contributed by atoms with van der Waals surface area (Å²) in [4.78, 5) is 54.3. The third-order valence-corrected chi connectivity index (χ3v) is 9.86. The maximum atomic E-state index is 13.1. The zero-order valence-corrected chi connectivity index (χ0v) is 17.3. The summed E-state index contributed by atoms with van der Waals surface area (Å²) in [7, 11) is 0. The third kappa shape index (κ3) is 2.33. The van der Waals surface area contributed by atoms with Crippen molar-refractivity contribution in [2.75, 3.05) is 6.54 Å². The van der Waals surface area contributed by atoms with E-state index >= 15 is 0 Å². The molecule has 2 aliphatic carbocycles. The number of nitrogens with zero attached hydrogens (tertiary/aromatic N) is 1. The average molecular weight is 443 g/mol. The summed E-state index contributed by atoms with van der Waals surface area (Å²) in [5.41, 5.74) is 1.12. The summed E-state index contributed by atoms with van der Waals surface area (Å²) in [5.74, 6) is -2.52. The number of carbonyl (C=O) groups is 3. The quantitative estimate of drug-likeness (QED) is 0.704. The van der Waals surface area contributed by atoms with Gasteiger partial charge in [-0.15, -0.1) is 11.8 Å². The lowest BCUT2D eigenvalue weighted by Crippen LogP contribution is -2.42. The summed E-state index contributed by atoms with van der Waals surface area (Å²) in [6.45, 7) is -0.560. The number of amides is 2. The first kappa shape index (κ1) is 18.4. The lowest BCUT2D eigenvalue weighted by atomic mass is 9.68. The van der Waals surface area contributed by atoms with Crippen LogP contribution in [0, 0.1) is 29.6 Å². The fourth-order valence-corrected chi connectivity index (χ4v) is 9.29. The SMILES string of the molecule is O=C(O)CN1C(=O)[C@@H]2[C@H]3C[C@@H]([C@H]4Sc5[nH]c(=O)sc5[C@H](c5ccccc5)[C@@H]34)[C@H]2C1=O. The van der Waals surface area contributed by atoms with E-state index in [-0.39, 0.29) is 45.6 Å². The van der Waals surface area contributed by atoms with Crippen LogP contribution in [-0.2, 0) is 14.4 Å². The fourth-order valence-electron chi connectivity index (χ4n) is 6.40. The number of carbonyl (C=O) groups excluding carboxylic acids is 2. The molecule has 7 atom stereocenters. The molecular formula is C21H18N2O5S2. The van der Waals surface area contributed by atoms with E-state index in [1.807, 2.05) is 18.2 Å². The van der Waals surface area contributed by atoms with Gasteiger partial charge in [0.2, 0.25) is 11.8 Å². The van der Waals surface area contributed by atoms with Crippen LogP contribution in [0.4, 0.5) is 0 Å². The van der Waals surface area contributed by atoms with E-state index in [2.05, 4.69) is 17.1 Å². The molecule has 2 saturated carbocycles. The average Bonchev–Trinajstić information content (AvgIpc) is 3.44. The third-order valence-electron chi connectivity index (χ3n) is 7.27. The molecule has 9 heteroatoms. The zero-order chi connectivity index (χ0) is 20.7. The van der Waals surface area contributed by atoms with Crippen LogP contribution in [0.1, 0.15) is 22.8 Å². The molecule has 2 N–H and O–H groups in total. The lowest BCUT2D eigenvalue weighted by Gasteiger charge is -2.43. The number of imide groups is 1. The molecule has 1 aromatic heterocycles. The number of hydrogen-bond acceptors (Lipinski definition) is 6. The van der Waals surface area contributed by atoms with Gasteiger partial charge >= 0.3 is 10.8 Å². The molecule has 3 heterocycles. The van der Waals surface area contributed by atoms with E-state index in [0.29, 0.717) is 0 Å². The predicted molar refractivity (Wildman–Crippen MR) is 109 cm³/mol. The van der Waals surface area contributed by atoms with E-state index in [1.165, 1.54) is 11.3 Å². The minimum absolute atomic E-state index is 0.00350. The van der Waals surface area contributed by atoms with Crippen molar-refractivity contribution in [3.63, 3.8) is 0 Å². The van der Waals surface area contributed by atoms with Gasteiger partial charge in [0.1, 0.15) is 6.54 Å². The normalized spacial score (nSPS) is 36.0. The molecule has 1 saturated heterocycles. The second kappa shape index (κ2) is 6.31. The van der Waals surface area contributed by atoms with Gasteiger partial charge in [-0.2, -0.15) is 0 Å². The Bertz CT molecular complexity index is 1140. The predicted octanol–water partition coefficient (Wildman–Crippen LogP) is 1.99. The lowest BCUT2D eigenvalue weighted by molar-refractivity contribution is -0.149. The van der Waals surface area contributed by atoms with Crippen LogP contribution in [-0.4, -0.2) is 44.6 Å². The summed E-state index contributed by atoms with van der Waals surface area (Å²) in [6.07, 6.45) is 0.804. The molecule has 154 valence electrons. The number of benzene rings is 1. The van der Waals surface area contributed by atoms with Crippen molar-refractivity contribution in [2.45, 2.75) is 22.6 Å². The Labute approximate surface area is 179 Å². The first-order chi connectivity index (χ1) is 14.5. The number of H-pyrrole nitrogens is 1. The maximum Gasteiger partial charge on any atom is 0.323 e. The molecule has 1 aromatic carbocycles. The number of likely N-dealkylation sites (tertiary alicyclic amines) is 1. The van der Waals surface area contributed by atoms with Crippen LogP contribution in [0.2, 0.25) is 0 Å². The number of hydrogen-bond donors (Lipinski definition) is 2. The molecule has 4 aliphatic rings. The van der Waals surface area contributed by atoms with Crippen LogP contribution < -0.4 is 4.87 Å².